The number of benzene rings is 3. The quantitative estimate of drug-likeness (QED) is 0.249. The van der Waals surface area contributed by atoms with Crippen molar-refractivity contribution in [3.63, 3.8) is 0 Å². The molecule has 1 nitrogen and oxygen atoms in total. The Morgan fingerprint density at radius 1 is 0.727 bits per heavy atom. The maximum absolute atomic E-state index is 4.90. The van der Waals surface area contributed by atoms with Crippen LogP contribution in [0.3, 0.4) is 0 Å². The van der Waals surface area contributed by atoms with Gasteiger partial charge in [0.05, 0.1) is 5.69 Å². The molecule has 3 aromatic carbocycles. The molecule has 6 rings (SSSR count). The van der Waals surface area contributed by atoms with Crippen LogP contribution in [-0.4, -0.2) is 4.98 Å². The average Bonchev–Trinajstić information content (AvgIpc) is 3.37. The maximum Gasteiger partial charge on any atom is 0.0789 e. The van der Waals surface area contributed by atoms with Crippen LogP contribution >= 0.6 is 22.7 Å². The second kappa shape index (κ2) is 7.51. The maximum atomic E-state index is 4.90. The SMILES string of the molecule is Cc1sc2ccccc2c1-c1cc2c(-c3cc(C(C)(C)C)c4ccccc4c3)nccc2s1. The van der Waals surface area contributed by atoms with Gasteiger partial charge in [-0.1, -0.05) is 63.2 Å². The lowest BCUT2D eigenvalue weighted by molar-refractivity contribution is 0.596. The van der Waals surface area contributed by atoms with Crippen LogP contribution in [0.1, 0.15) is 31.2 Å². The van der Waals surface area contributed by atoms with Crippen LogP contribution in [0.2, 0.25) is 0 Å². The van der Waals surface area contributed by atoms with Gasteiger partial charge in [-0.25, -0.2) is 0 Å². The minimum atomic E-state index is 0.0516. The highest BCUT2D eigenvalue weighted by atomic mass is 32.1. The fourth-order valence-corrected chi connectivity index (χ4v) is 7.17. The largest absolute Gasteiger partial charge is 0.256 e. The summed E-state index contributed by atoms with van der Waals surface area (Å²) < 4.78 is 2.64. The fraction of sp³-hybridized carbons (Fsp3) is 0.167. The molecule has 0 N–H and O–H groups in total. The smallest absolute Gasteiger partial charge is 0.0789 e. The van der Waals surface area contributed by atoms with Gasteiger partial charge in [0.1, 0.15) is 0 Å². The van der Waals surface area contributed by atoms with E-state index in [0.29, 0.717) is 0 Å². The summed E-state index contributed by atoms with van der Waals surface area (Å²) in [5, 5.41) is 5.19. The zero-order chi connectivity index (χ0) is 22.7. The number of aromatic nitrogens is 1. The Kier molecular flexibility index (Phi) is 4.69. The van der Waals surface area contributed by atoms with Gasteiger partial charge >= 0.3 is 0 Å². The Bertz CT molecular complexity index is 1660. The van der Waals surface area contributed by atoms with Crippen molar-refractivity contribution in [2.45, 2.75) is 33.1 Å². The van der Waals surface area contributed by atoms with E-state index in [-0.39, 0.29) is 5.41 Å². The average molecular weight is 464 g/mol. The van der Waals surface area contributed by atoms with Gasteiger partial charge in [-0.3, -0.25) is 4.98 Å². The van der Waals surface area contributed by atoms with Crippen molar-refractivity contribution in [1.82, 2.24) is 4.98 Å². The van der Waals surface area contributed by atoms with Crippen LogP contribution in [-0.2, 0) is 5.41 Å². The number of hydrogen-bond donors (Lipinski definition) is 0. The summed E-state index contributed by atoms with van der Waals surface area (Å²) >= 11 is 3.75. The predicted molar refractivity (Wildman–Crippen MR) is 147 cm³/mol. The first-order chi connectivity index (χ1) is 15.9. The standard InChI is InChI=1S/C30H25NS2/c1-18-28(22-11-7-8-12-25(22)32-18)27-17-23-26(33-27)13-14-31-29(23)20-15-19-9-5-6-10-21(19)24(16-20)30(2,3)4/h5-17H,1-4H3. The van der Waals surface area contributed by atoms with Crippen molar-refractivity contribution in [1.29, 1.82) is 0 Å². The van der Waals surface area contributed by atoms with E-state index < -0.39 is 0 Å². The van der Waals surface area contributed by atoms with Crippen LogP contribution in [0.4, 0.5) is 0 Å². The molecule has 0 amide bonds. The first-order valence-corrected chi connectivity index (χ1v) is 12.9. The summed E-state index contributed by atoms with van der Waals surface area (Å²) in [5.74, 6) is 0. The Hall–Kier alpha value is -3.01. The fourth-order valence-electron chi connectivity index (χ4n) is 4.86. The van der Waals surface area contributed by atoms with Crippen molar-refractivity contribution in [3.8, 4) is 21.7 Å². The highest BCUT2D eigenvalue weighted by Gasteiger charge is 2.20. The second-order valence-electron chi connectivity index (χ2n) is 9.71. The van der Waals surface area contributed by atoms with Gasteiger partial charge in [-0.05, 0) is 59.0 Å². The lowest BCUT2D eigenvalue weighted by Crippen LogP contribution is -2.12. The second-order valence-corrected chi connectivity index (χ2v) is 12.0. The summed E-state index contributed by atoms with van der Waals surface area (Å²) in [4.78, 5) is 7.59. The van der Waals surface area contributed by atoms with Crippen molar-refractivity contribution in [2.75, 3.05) is 0 Å². The minimum absolute atomic E-state index is 0.0516. The van der Waals surface area contributed by atoms with Crippen molar-refractivity contribution < 1.29 is 0 Å². The molecule has 0 saturated heterocycles. The third-order valence-electron chi connectivity index (χ3n) is 6.41. The molecule has 33 heavy (non-hydrogen) atoms. The Morgan fingerprint density at radius 2 is 1.45 bits per heavy atom. The third kappa shape index (κ3) is 3.38. The van der Waals surface area contributed by atoms with E-state index in [9.17, 15) is 0 Å². The van der Waals surface area contributed by atoms with Crippen LogP contribution in [0.15, 0.2) is 79.0 Å². The molecule has 0 spiro atoms. The normalized spacial score (nSPS) is 12.2. The molecule has 0 aliphatic rings. The molecule has 0 fully saturated rings. The van der Waals surface area contributed by atoms with Gasteiger partial charge in [-0.2, -0.15) is 0 Å². The van der Waals surface area contributed by atoms with Crippen molar-refractivity contribution in [2.24, 2.45) is 0 Å². The molecule has 0 bridgehead atoms. The number of nitrogens with zero attached hydrogens (tertiary/aromatic N) is 1. The molecule has 0 unspecified atom stereocenters. The first-order valence-electron chi connectivity index (χ1n) is 11.3. The minimum Gasteiger partial charge on any atom is -0.256 e. The van der Waals surface area contributed by atoms with Crippen LogP contribution in [0.25, 0.3) is 52.6 Å². The van der Waals surface area contributed by atoms with Crippen LogP contribution in [0, 0.1) is 6.92 Å². The predicted octanol–water partition coefficient (Wildman–Crippen LogP) is 9.60. The molecular weight excluding hydrogens is 438 g/mol. The third-order valence-corrected chi connectivity index (χ3v) is 8.61. The summed E-state index contributed by atoms with van der Waals surface area (Å²) in [6.07, 6.45) is 1.96. The molecule has 3 aromatic heterocycles. The van der Waals surface area contributed by atoms with E-state index in [1.165, 1.54) is 57.4 Å². The highest BCUT2D eigenvalue weighted by molar-refractivity contribution is 7.24. The molecule has 6 aromatic rings. The molecule has 3 heterocycles. The number of rotatable bonds is 2. The monoisotopic (exact) mass is 463 g/mol. The van der Waals surface area contributed by atoms with Crippen LogP contribution < -0.4 is 0 Å². The summed E-state index contributed by atoms with van der Waals surface area (Å²) in [7, 11) is 0. The van der Waals surface area contributed by atoms with Crippen molar-refractivity contribution in [3.05, 3.63) is 89.4 Å². The Morgan fingerprint density at radius 3 is 2.27 bits per heavy atom. The summed E-state index contributed by atoms with van der Waals surface area (Å²) in [5.41, 5.74) is 5.06. The number of pyridine rings is 1. The molecule has 0 aliphatic carbocycles. The summed E-state index contributed by atoms with van der Waals surface area (Å²) in [6, 6.07) is 26.6. The Balaban J connectivity index is 1.60. The first kappa shape index (κ1) is 20.6. The number of fused-ring (bicyclic) bond motifs is 3. The zero-order valence-electron chi connectivity index (χ0n) is 19.3. The molecule has 0 saturated carbocycles. The van der Waals surface area contributed by atoms with E-state index in [0.717, 1.165) is 5.69 Å². The van der Waals surface area contributed by atoms with Gasteiger partial charge in [0.15, 0.2) is 0 Å². The van der Waals surface area contributed by atoms with Crippen molar-refractivity contribution >= 4 is 53.6 Å². The van der Waals surface area contributed by atoms with Gasteiger partial charge in [0, 0.05) is 47.3 Å². The lowest BCUT2D eigenvalue weighted by Gasteiger charge is -2.22. The van der Waals surface area contributed by atoms with E-state index in [1.54, 1.807) is 0 Å². The molecule has 3 heteroatoms. The molecule has 0 radical (unpaired) electrons. The number of aryl methyl sites for hydroxylation is 1. The van der Waals surface area contributed by atoms with Gasteiger partial charge < -0.3 is 0 Å². The van der Waals surface area contributed by atoms with E-state index in [4.69, 9.17) is 4.98 Å². The number of thiophene rings is 2. The number of hydrogen-bond acceptors (Lipinski definition) is 3. The molecule has 0 aliphatic heterocycles. The highest BCUT2D eigenvalue weighted by Crippen LogP contribution is 2.45. The topological polar surface area (TPSA) is 12.9 Å². The van der Waals surface area contributed by atoms with Gasteiger partial charge in [0.2, 0.25) is 0 Å². The van der Waals surface area contributed by atoms with Gasteiger partial charge in [-0.15, -0.1) is 22.7 Å². The van der Waals surface area contributed by atoms with E-state index in [1.807, 2.05) is 28.9 Å². The summed E-state index contributed by atoms with van der Waals surface area (Å²) in [6.45, 7) is 9.11. The van der Waals surface area contributed by atoms with Crippen LogP contribution in [0.5, 0.6) is 0 Å². The molecule has 162 valence electrons. The van der Waals surface area contributed by atoms with E-state index in [2.05, 4.69) is 100 Å². The lowest BCUT2D eigenvalue weighted by atomic mass is 9.82. The Labute approximate surface area is 202 Å². The molecule has 0 atom stereocenters. The zero-order valence-corrected chi connectivity index (χ0v) is 20.9. The molecular formula is C30H25NS2. The van der Waals surface area contributed by atoms with Gasteiger partial charge in [0.25, 0.3) is 0 Å². The van der Waals surface area contributed by atoms with E-state index >= 15 is 0 Å².